The van der Waals surface area contributed by atoms with E-state index in [-0.39, 0.29) is 79.5 Å². The maximum absolute atomic E-state index is 9.01. The average molecular weight is 1710 g/mol. The molecule has 13 rings (SSSR count). The van der Waals surface area contributed by atoms with Gasteiger partial charge in [0.2, 0.25) is 31.5 Å². The molecule has 11 heteroatoms. The fourth-order valence-electron chi connectivity index (χ4n) is 19.1. The highest BCUT2D eigenvalue weighted by atomic mass is 16.7. The fraction of sp³-hybridized carbons (Fsp3) is 0.681. The third-order valence-electron chi connectivity index (χ3n) is 27.1. The summed E-state index contributed by atoms with van der Waals surface area (Å²) in [5, 5.41) is 9.01. The molecule has 7 saturated carbocycles. The van der Waals surface area contributed by atoms with E-state index in [1.807, 2.05) is 77.9 Å². The van der Waals surface area contributed by atoms with Gasteiger partial charge in [-0.05, 0) is 347 Å². The zero-order chi connectivity index (χ0) is 90.6. The van der Waals surface area contributed by atoms with Gasteiger partial charge in [0.05, 0.1) is 30.5 Å². The Morgan fingerprint density at radius 3 is 1.00 bits per heavy atom. The second kappa shape index (κ2) is 51.3. The molecule has 6 aromatic rings. The maximum Gasteiger partial charge on any atom is 0.205 e. The van der Waals surface area contributed by atoms with Crippen molar-refractivity contribution < 1.29 is 52.5 Å². The average Bonchev–Trinajstić information content (AvgIpc) is 1.66. The molecule has 0 aromatic heterocycles. The summed E-state index contributed by atoms with van der Waals surface area (Å²) in [6, 6.07) is 50.1. The fourth-order valence-corrected chi connectivity index (χ4v) is 19.1. The van der Waals surface area contributed by atoms with Gasteiger partial charge in [-0.3, -0.25) is 0 Å². The normalized spacial score (nSPS) is 23.0. The number of phenolic OH excluding ortho intramolecular Hbond substituents is 1. The van der Waals surface area contributed by atoms with Crippen LogP contribution in [-0.4, -0.2) is 67.1 Å². The molecule has 6 bridgehead atoms. The molecule has 0 radical (unpaired) electrons. The van der Waals surface area contributed by atoms with Gasteiger partial charge in [0.25, 0.3) is 0 Å². The minimum atomic E-state index is -0.239. The first-order chi connectivity index (χ1) is 58.1. The first-order valence-corrected chi connectivity index (χ1v) is 49.0. The molecule has 7 aliphatic carbocycles. The molecule has 16 unspecified atom stereocenters. The van der Waals surface area contributed by atoms with E-state index < -0.39 is 0 Å². The Balaban J connectivity index is 0.000000233. The summed E-state index contributed by atoms with van der Waals surface area (Å²) in [4.78, 5) is 0. The summed E-state index contributed by atoms with van der Waals surface area (Å²) in [6.07, 6.45) is 23.4. The van der Waals surface area contributed by atoms with Crippen molar-refractivity contribution in [3.63, 3.8) is 0 Å². The van der Waals surface area contributed by atoms with Gasteiger partial charge in [-0.15, -0.1) is 0 Å². The van der Waals surface area contributed by atoms with Crippen molar-refractivity contribution in [2.24, 2.45) is 69.5 Å². The van der Waals surface area contributed by atoms with E-state index in [1.54, 1.807) is 12.1 Å². The molecule has 124 heavy (non-hydrogen) atoms. The van der Waals surface area contributed by atoms with Crippen LogP contribution in [0.3, 0.4) is 0 Å². The Bertz CT molecular complexity index is 3790. The lowest BCUT2D eigenvalue weighted by Gasteiger charge is -2.58. The van der Waals surface area contributed by atoms with Crippen LogP contribution in [0.2, 0.25) is 0 Å². The molecule has 16 atom stereocenters. The van der Waals surface area contributed by atoms with Crippen LogP contribution >= 0.6 is 0 Å². The van der Waals surface area contributed by atoms with Crippen LogP contribution in [0.25, 0.3) is 0 Å². The van der Waals surface area contributed by atoms with Crippen molar-refractivity contribution in [1.29, 1.82) is 0 Å². The highest BCUT2D eigenvalue weighted by Gasteiger charge is 2.57. The van der Waals surface area contributed by atoms with Crippen molar-refractivity contribution in [2.45, 2.75) is 428 Å². The molecule has 0 amide bonds. The number of fused-ring (bicyclic) bond motifs is 5. The molecule has 0 aliphatic heterocycles. The first kappa shape index (κ1) is 107. The monoisotopic (exact) mass is 1710 g/mol. The molecule has 0 heterocycles. The second-order valence-corrected chi connectivity index (χ2v) is 42.2. The molecule has 7 aliphatic rings. The van der Waals surface area contributed by atoms with Crippen molar-refractivity contribution in [2.75, 3.05) is 0 Å². The number of hydrogen-bond acceptors (Lipinski definition) is 11. The third kappa shape index (κ3) is 34.1. The Morgan fingerprint density at radius 2 is 0.669 bits per heavy atom. The summed E-state index contributed by atoms with van der Waals surface area (Å²) in [5.74, 6) is 15.6. The molecule has 0 spiro atoms. The van der Waals surface area contributed by atoms with Crippen molar-refractivity contribution >= 4 is 0 Å². The minimum absolute atomic E-state index is 0. The lowest BCUT2D eigenvalue weighted by Crippen LogP contribution is -2.54. The standard InChI is InChI=1S/2C24H36O2.C19H32O2.C18H30O2.C17H28O2.C10H14O.CH4/c1-5-17(4)21-6-8-22(9-7-21)26-23(25-16(2)3)24-13-18-10-19(14-24)12-20(11-18)15-24;1-5-16(4)17-9-11-19(12-10-17)25-24(15(2)3)26-23-14-18-13-22(23)21-8-6-7-20(18)21;1-8-15(4)16-9-11-17(12-10-16)21-18(20-14(2)3)13-19(5,6)7;1-8-14(4)15-9-11-16(12-10-15)20-17(18(5,6)7)19-13(2)3;1-7-14(6)15-8-10-16(11-9-15)19-17(12(2)3)18-13(4)5;1-3-8(2)9-4-6-10(11)7-5-9;/h6-9,16-20,23H,5,10-15H2,1-4H3;9-12,15-16,18,20-24H,5-8,13-14H2,1-4H3;9-12,14-15,18H,8,13H2,1-7H3;9-14,17H,8H2,1-7H3;8-14,17H,7H2,1-6H3;4-8,11H,3H2,1-2H3;1H4. The molecule has 1 N–H and O–H groups in total. The quantitative estimate of drug-likeness (QED) is 0.0380. The SMILES string of the molecule is C.CCC(C)c1ccc(O)cc1.CCC(C)c1ccc(OC(CC(C)(C)C)OC(C)C)cc1.CCC(C)c1ccc(OC(OC(C)C)C(C)(C)C)cc1.CCC(C)c1ccc(OC(OC(C)C)C(C)C)cc1.CCC(C)c1ccc(OC(OC(C)C)C23CC4CC(CC(C4)C2)C3)cc1.CCC(C)c1ccc(OC(OC2CC3CC2C2CCCC32)C(C)C)cc1. The van der Waals surface area contributed by atoms with Crippen molar-refractivity contribution in [3.8, 4) is 34.5 Å². The Hall–Kier alpha value is -6.08. The number of benzene rings is 6. The smallest absolute Gasteiger partial charge is 0.205 e. The zero-order valence-corrected chi connectivity index (χ0v) is 83.0. The van der Waals surface area contributed by atoms with Gasteiger partial charge in [-0.1, -0.05) is 239 Å². The summed E-state index contributed by atoms with van der Waals surface area (Å²) < 4.78 is 61.5. The van der Waals surface area contributed by atoms with Gasteiger partial charge in [0, 0.05) is 29.1 Å². The predicted octanol–water partition coefficient (Wildman–Crippen LogP) is 32.6. The predicted molar refractivity (Wildman–Crippen MR) is 522 cm³/mol. The van der Waals surface area contributed by atoms with Crippen molar-refractivity contribution in [3.05, 3.63) is 179 Å². The van der Waals surface area contributed by atoms with Gasteiger partial charge in [0.1, 0.15) is 34.5 Å². The van der Waals surface area contributed by atoms with Crippen LogP contribution in [0.4, 0.5) is 0 Å². The van der Waals surface area contributed by atoms with Crippen LogP contribution in [-0.2, 0) is 23.7 Å². The number of hydrogen-bond donors (Lipinski definition) is 1. The molecule has 11 nitrogen and oxygen atoms in total. The minimum Gasteiger partial charge on any atom is -0.508 e. The van der Waals surface area contributed by atoms with Crippen LogP contribution in [0.1, 0.15) is 400 Å². The van der Waals surface area contributed by atoms with E-state index in [0.29, 0.717) is 59.2 Å². The summed E-state index contributed by atoms with van der Waals surface area (Å²) in [6.45, 7) is 65.0. The topological polar surface area (TPSA) is 113 Å². The number of aromatic hydroxyl groups is 1. The first-order valence-electron chi connectivity index (χ1n) is 49.0. The van der Waals surface area contributed by atoms with Crippen molar-refractivity contribution in [1.82, 2.24) is 0 Å². The van der Waals surface area contributed by atoms with Crippen LogP contribution in [0, 0.1) is 69.5 Å². The van der Waals surface area contributed by atoms with E-state index in [1.165, 1.54) is 117 Å². The molecular formula is C113H180O11. The third-order valence-corrected chi connectivity index (χ3v) is 27.1. The van der Waals surface area contributed by atoms with E-state index in [0.717, 1.165) is 102 Å². The van der Waals surface area contributed by atoms with Crippen LogP contribution in [0.15, 0.2) is 146 Å². The number of phenols is 1. The van der Waals surface area contributed by atoms with Gasteiger partial charge in [0.15, 0.2) is 0 Å². The van der Waals surface area contributed by atoms with Crippen LogP contribution in [0.5, 0.6) is 34.5 Å². The van der Waals surface area contributed by atoms with Crippen LogP contribution < -0.4 is 23.7 Å². The van der Waals surface area contributed by atoms with E-state index in [4.69, 9.17) is 52.5 Å². The molecule has 7 fully saturated rings. The Kier molecular flexibility index (Phi) is 44.2. The van der Waals surface area contributed by atoms with E-state index in [9.17, 15) is 0 Å². The largest absolute Gasteiger partial charge is 0.508 e. The summed E-state index contributed by atoms with van der Waals surface area (Å²) in [5.41, 5.74) is 8.53. The van der Waals surface area contributed by atoms with Gasteiger partial charge in [-0.2, -0.15) is 0 Å². The number of rotatable bonds is 36. The van der Waals surface area contributed by atoms with Gasteiger partial charge in [-0.25, -0.2) is 0 Å². The van der Waals surface area contributed by atoms with Gasteiger partial charge < -0.3 is 52.5 Å². The summed E-state index contributed by atoms with van der Waals surface area (Å²) >= 11 is 0. The second-order valence-electron chi connectivity index (χ2n) is 42.2. The molecular weight excluding hydrogens is 1530 g/mol. The molecule has 0 saturated heterocycles. The zero-order valence-electron chi connectivity index (χ0n) is 83.0. The van der Waals surface area contributed by atoms with E-state index >= 15 is 0 Å². The molecule has 698 valence electrons. The Labute approximate surface area is 759 Å². The molecule has 6 aromatic carbocycles. The lowest BCUT2D eigenvalue weighted by atomic mass is 9.49. The van der Waals surface area contributed by atoms with Gasteiger partial charge >= 0.3 is 0 Å². The maximum atomic E-state index is 9.01. The number of ether oxygens (including phenoxy) is 10. The highest BCUT2D eigenvalue weighted by molar-refractivity contribution is 5.34. The highest BCUT2D eigenvalue weighted by Crippen LogP contribution is 2.63. The summed E-state index contributed by atoms with van der Waals surface area (Å²) in [7, 11) is 0. The lowest BCUT2D eigenvalue weighted by molar-refractivity contribution is -0.227. The van der Waals surface area contributed by atoms with E-state index in [2.05, 4.69) is 263 Å². The Morgan fingerprint density at radius 1 is 0.347 bits per heavy atom.